The van der Waals surface area contributed by atoms with Crippen LogP contribution < -0.4 is 10.1 Å². The Morgan fingerprint density at radius 3 is 2.71 bits per heavy atom. The van der Waals surface area contributed by atoms with Crippen LogP contribution >= 0.6 is 11.8 Å². The maximum absolute atomic E-state index is 5.74. The second kappa shape index (κ2) is 7.62. The zero-order valence-electron chi connectivity index (χ0n) is 11.2. The fraction of sp³-hybridized carbons (Fsp3) is 0.571. The van der Waals surface area contributed by atoms with Crippen LogP contribution in [0.25, 0.3) is 0 Å². The Kier molecular flexibility index (Phi) is 6.45. The molecule has 0 heterocycles. The smallest absolute Gasteiger partial charge is 0.119 e. The van der Waals surface area contributed by atoms with Crippen LogP contribution in [0.15, 0.2) is 24.3 Å². The highest BCUT2D eigenvalue weighted by molar-refractivity contribution is 7.99. The largest absolute Gasteiger partial charge is 0.493 e. The highest BCUT2D eigenvalue weighted by Crippen LogP contribution is 2.19. The number of hydrogen-bond acceptors (Lipinski definition) is 3. The van der Waals surface area contributed by atoms with Crippen LogP contribution in [0.5, 0.6) is 5.75 Å². The molecule has 0 aliphatic heterocycles. The minimum absolute atomic E-state index is 0.364. The molecular formula is C14H23NOS. The maximum Gasteiger partial charge on any atom is 0.119 e. The Morgan fingerprint density at radius 2 is 2.06 bits per heavy atom. The van der Waals surface area contributed by atoms with Gasteiger partial charge in [0.2, 0.25) is 0 Å². The van der Waals surface area contributed by atoms with Crippen LogP contribution in [0.4, 0.5) is 0 Å². The molecule has 0 aliphatic carbocycles. The van der Waals surface area contributed by atoms with Gasteiger partial charge in [-0.15, -0.1) is 0 Å². The molecule has 0 amide bonds. The maximum atomic E-state index is 5.74. The quantitative estimate of drug-likeness (QED) is 0.752. The third kappa shape index (κ3) is 5.46. The van der Waals surface area contributed by atoms with Gasteiger partial charge in [0.1, 0.15) is 5.75 Å². The average Bonchev–Trinajstić information content (AvgIpc) is 2.34. The Labute approximate surface area is 109 Å². The van der Waals surface area contributed by atoms with Crippen molar-refractivity contribution in [2.75, 3.05) is 19.4 Å². The molecule has 1 aromatic rings. The first-order chi connectivity index (χ1) is 8.13. The first-order valence-corrected chi connectivity index (χ1v) is 7.20. The van der Waals surface area contributed by atoms with Crippen LogP contribution in [0, 0.1) is 0 Å². The minimum Gasteiger partial charge on any atom is -0.493 e. The van der Waals surface area contributed by atoms with E-state index in [-0.39, 0.29) is 0 Å². The molecule has 0 aliphatic rings. The van der Waals surface area contributed by atoms with Crippen molar-refractivity contribution in [3.8, 4) is 5.75 Å². The van der Waals surface area contributed by atoms with Crippen LogP contribution in [-0.2, 0) is 0 Å². The summed E-state index contributed by atoms with van der Waals surface area (Å²) in [6.07, 6.45) is 0. The summed E-state index contributed by atoms with van der Waals surface area (Å²) in [7, 11) is 1.97. The normalized spacial score (nSPS) is 12.8. The second-order valence-corrected chi connectivity index (χ2v) is 6.04. The van der Waals surface area contributed by atoms with Gasteiger partial charge in [0.25, 0.3) is 0 Å². The molecule has 0 aromatic heterocycles. The molecule has 0 spiro atoms. The molecule has 0 radical (unpaired) electrons. The SMILES string of the molecule is CNC(C)c1cccc(OCCSC(C)C)c1. The lowest BCUT2D eigenvalue weighted by Crippen LogP contribution is -2.12. The first kappa shape index (κ1) is 14.4. The number of hydrogen-bond donors (Lipinski definition) is 1. The summed E-state index contributed by atoms with van der Waals surface area (Å²) in [4.78, 5) is 0. The summed E-state index contributed by atoms with van der Waals surface area (Å²) in [6, 6.07) is 8.67. The van der Waals surface area contributed by atoms with Crippen molar-refractivity contribution in [2.45, 2.75) is 32.1 Å². The fourth-order valence-electron chi connectivity index (χ4n) is 1.48. The highest BCUT2D eigenvalue weighted by atomic mass is 32.2. The molecule has 0 fully saturated rings. The van der Waals surface area contributed by atoms with Crippen molar-refractivity contribution in [3.63, 3.8) is 0 Å². The van der Waals surface area contributed by atoms with Gasteiger partial charge in [-0.3, -0.25) is 0 Å². The molecule has 1 aromatic carbocycles. The molecule has 17 heavy (non-hydrogen) atoms. The summed E-state index contributed by atoms with van der Waals surface area (Å²) in [5, 5.41) is 3.91. The van der Waals surface area contributed by atoms with Gasteiger partial charge in [-0.25, -0.2) is 0 Å². The Morgan fingerprint density at radius 1 is 1.29 bits per heavy atom. The number of ether oxygens (including phenoxy) is 1. The van der Waals surface area contributed by atoms with Gasteiger partial charge in [0, 0.05) is 11.8 Å². The summed E-state index contributed by atoms with van der Waals surface area (Å²) in [5.41, 5.74) is 1.27. The third-order valence-corrected chi connectivity index (χ3v) is 3.66. The van der Waals surface area contributed by atoms with Gasteiger partial charge < -0.3 is 10.1 Å². The second-order valence-electron chi connectivity index (χ2n) is 4.35. The van der Waals surface area contributed by atoms with E-state index >= 15 is 0 Å². The van der Waals surface area contributed by atoms with Gasteiger partial charge in [-0.05, 0) is 36.9 Å². The lowest BCUT2D eigenvalue weighted by molar-refractivity contribution is 0.343. The van der Waals surface area contributed by atoms with Crippen molar-refractivity contribution in [2.24, 2.45) is 0 Å². The van der Waals surface area contributed by atoms with Gasteiger partial charge in [0.05, 0.1) is 6.61 Å². The van der Waals surface area contributed by atoms with Crippen molar-refractivity contribution in [1.29, 1.82) is 0 Å². The van der Waals surface area contributed by atoms with Gasteiger partial charge in [-0.1, -0.05) is 26.0 Å². The zero-order valence-corrected chi connectivity index (χ0v) is 12.0. The zero-order chi connectivity index (χ0) is 12.7. The van der Waals surface area contributed by atoms with Crippen molar-refractivity contribution >= 4 is 11.8 Å². The average molecular weight is 253 g/mol. The van der Waals surface area contributed by atoms with E-state index in [1.165, 1.54) is 5.56 Å². The molecule has 96 valence electrons. The predicted octanol–water partition coefficient (Wildman–Crippen LogP) is 3.49. The number of rotatable bonds is 7. The standard InChI is InChI=1S/C14H23NOS/c1-11(2)17-9-8-16-14-7-5-6-13(10-14)12(3)15-4/h5-7,10-12,15H,8-9H2,1-4H3. The predicted molar refractivity (Wildman–Crippen MR) is 77.0 cm³/mol. The van der Waals surface area contributed by atoms with Crippen LogP contribution in [0.3, 0.4) is 0 Å². The molecule has 0 saturated heterocycles. The third-order valence-electron chi connectivity index (χ3n) is 2.59. The molecule has 0 saturated carbocycles. The molecule has 3 heteroatoms. The van der Waals surface area contributed by atoms with Gasteiger partial charge >= 0.3 is 0 Å². The molecular weight excluding hydrogens is 230 g/mol. The Balaban J connectivity index is 2.43. The number of thioether (sulfide) groups is 1. The highest BCUT2D eigenvalue weighted by Gasteiger charge is 2.03. The Bertz CT molecular complexity index is 328. The van der Waals surface area contributed by atoms with Crippen LogP contribution in [0.2, 0.25) is 0 Å². The van der Waals surface area contributed by atoms with Crippen LogP contribution in [-0.4, -0.2) is 24.7 Å². The molecule has 2 nitrogen and oxygen atoms in total. The summed E-state index contributed by atoms with van der Waals surface area (Å²) in [5.74, 6) is 2.01. The topological polar surface area (TPSA) is 21.3 Å². The summed E-state index contributed by atoms with van der Waals surface area (Å²) in [6.45, 7) is 7.34. The van der Waals surface area contributed by atoms with E-state index in [2.05, 4.69) is 38.2 Å². The van der Waals surface area contributed by atoms with E-state index in [0.29, 0.717) is 11.3 Å². The Hall–Kier alpha value is -0.670. The summed E-state index contributed by atoms with van der Waals surface area (Å²) >= 11 is 1.93. The number of nitrogens with one attached hydrogen (secondary N) is 1. The monoisotopic (exact) mass is 253 g/mol. The lowest BCUT2D eigenvalue weighted by Gasteiger charge is -2.13. The molecule has 1 atom stereocenters. The van der Waals surface area contributed by atoms with Crippen molar-refractivity contribution < 1.29 is 4.74 Å². The molecule has 0 bridgehead atoms. The van der Waals surface area contributed by atoms with E-state index < -0.39 is 0 Å². The molecule has 1 rings (SSSR count). The van der Waals surface area contributed by atoms with Crippen molar-refractivity contribution in [1.82, 2.24) is 5.32 Å². The summed E-state index contributed by atoms with van der Waals surface area (Å²) < 4.78 is 5.74. The van der Waals surface area contributed by atoms with E-state index in [1.54, 1.807) is 0 Å². The van der Waals surface area contributed by atoms with Crippen LogP contribution in [0.1, 0.15) is 32.4 Å². The fourth-order valence-corrected chi connectivity index (χ4v) is 2.13. The van der Waals surface area contributed by atoms with E-state index in [9.17, 15) is 0 Å². The van der Waals surface area contributed by atoms with E-state index in [0.717, 1.165) is 18.1 Å². The van der Waals surface area contributed by atoms with Gasteiger partial charge in [-0.2, -0.15) is 11.8 Å². The minimum atomic E-state index is 0.364. The lowest BCUT2D eigenvalue weighted by atomic mass is 10.1. The van der Waals surface area contributed by atoms with E-state index in [4.69, 9.17) is 4.74 Å². The van der Waals surface area contributed by atoms with E-state index in [1.807, 2.05) is 30.9 Å². The molecule has 1 unspecified atom stereocenters. The molecule has 1 N–H and O–H groups in total. The number of benzene rings is 1. The van der Waals surface area contributed by atoms with Crippen molar-refractivity contribution in [3.05, 3.63) is 29.8 Å². The first-order valence-electron chi connectivity index (χ1n) is 6.15. The van der Waals surface area contributed by atoms with Gasteiger partial charge in [0.15, 0.2) is 0 Å².